The Morgan fingerprint density at radius 3 is 2.20 bits per heavy atom. The molecule has 0 radical (unpaired) electrons. The molecule has 2 amide bonds. The van der Waals surface area contributed by atoms with Crippen LogP contribution in [0, 0.1) is 0 Å². The number of anilines is 1. The van der Waals surface area contributed by atoms with Gasteiger partial charge in [0.2, 0.25) is 0 Å². The molecule has 0 saturated carbocycles. The molecule has 2 heterocycles. The molecule has 40 heavy (non-hydrogen) atoms. The summed E-state index contributed by atoms with van der Waals surface area (Å²) in [6.45, 7) is 0.455. The normalized spacial score (nSPS) is 16.1. The van der Waals surface area contributed by atoms with Crippen LogP contribution in [0.3, 0.4) is 0 Å². The molecule has 0 aliphatic carbocycles. The lowest BCUT2D eigenvalue weighted by Crippen LogP contribution is -2.53. The van der Waals surface area contributed by atoms with E-state index in [0.717, 1.165) is 11.1 Å². The number of nitrogens with one attached hydrogen (secondary N) is 2. The van der Waals surface area contributed by atoms with Gasteiger partial charge in [-0.3, -0.25) is 30.3 Å². The smallest absolute Gasteiger partial charge is 0.361 e. The number of hydrazine groups is 1. The monoisotopic (exact) mass is 577 g/mol. The molecule has 4 rings (SSSR count). The minimum Gasteiger partial charge on any atom is -0.361 e. The Bertz CT molecular complexity index is 1420. The van der Waals surface area contributed by atoms with Crippen molar-refractivity contribution in [3.05, 3.63) is 84.2 Å². The molecule has 3 N–H and O–H groups in total. The number of carbonyl (C=O) groups excluding carboxylic acids is 2. The first-order valence-corrected chi connectivity index (χ1v) is 13.9. The number of hydrogen-bond acceptors (Lipinski definition) is 8. The van der Waals surface area contributed by atoms with Crippen LogP contribution in [0.15, 0.2) is 73.1 Å². The zero-order chi connectivity index (χ0) is 28.9. The van der Waals surface area contributed by atoms with Crippen LogP contribution in [0.2, 0.25) is 0 Å². The van der Waals surface area contributed by atoms with E-state index in [2.05, 4.69) is 4.98 Å². The van der Waals surface area contributed by atoms with Crippen molar-refractivity contribution in [3.63, 3.8) is 0 Å². The van der Waals surface area contributed by atoms with Crippen molar-refractivity contribution in [2.45, 2.75) is 19.1 Å². The van der Waals surface area contributed by atoms with Crippen molar-refractivity contribution < 1.29 is 36.3 Å². The molecule has 2 aromatic carbocycles. The maximum absolute atomic E-state index is 12.3. The first-order chi connectivity index (χ1) is 18.9. The number of sulfone groups is 1. The van der Waals surface area contributed by atoms with Crippen LogP contribution in [-0.2, 0) is 21.2 Å². The average Bonchev–Trinajstić information content (AvgIpc) is 2.94. The third-order valence-corrected chi connectivity index (χ3v) is 7.90. The van der Waals surface area contributed by atoms with Crippen LogP contribution < -0.4 is 15.8 Å². The minimum absolute atomic E-state index is 0.000355. The fourth-order valence-electron chi connectivity index (χ4n) is 4.05. The van der Waals surface area contributed by atoms with Gasteiger partial charge in [0.25, 0.3) is 5.91 Å². The fourth-order valence-corrected chi connectivity index (χ4v) is 5.28. The number of rotatable bonds is 7. The number of carbonyl (C=O) groups is 2. The Morgan fingerprint density at radius 1 is 0.975 bits per heavy atom. The van der Waals surface area contributed by atoms with Gasteiger partial charge in [-0.05, 0) is 47.0 Å². The summed E-state index contributed by atoms with van der Waals surface area (Å²) in [5.41, 5.74) is 6.12. The fraction of sp³-hybridized carbons (Fsp3) is 0.269. The number of nitrogens with zero attached hydrogens (tertiary/aromatic N) is 3. The highest BCUT2D eigenvalue weighted by Crippen LogP contribution is 2.26. The van der Waals surface area contributed by atoms with Gasteiger partial charge >= 0.3 is 12.1 Å². The van der Waals surface area contributed by atoms with Crippen LogP contribution in [0.25, 0.3) is 11.1 Å². The highest BCUT2D eigenvalue weighted by molar-refractivity contribution is 7.91. The second-order valence-electron chi connectivity index (χ2n) is 9.05. The van der Waals surface area contributed by atoms with Gasteiger partial charge in [0, 0.05) is 43.3 Å². The topological polar surface area (TPSA) is 132 Å². The summed E-state index contributed by atoms with van der Waals surface area (Å²) in [5, 5.41) is 11.3. The third kappa shape index (κ3) is 7.34. The maximum atomic E-state index is 12.3. The first-order valence-electron chi connectivity index (χ1n) is 12.1. The standard InChI is InChI=1S/C26H26F3N5O5S/c27-26(28,29)24(36)32-31-23(35)20-5-3-18(4-6-20)17-34(25(37)33-12-14-40(38,39)15-13-33)22-9-7-19(8-10-22)21-2-1-11-30-16-21/h1-11,16,25,37H,12-15,17H2,(H,31,35)(H,32,36). The van der Waals surface area contributed by atoms with Crippen molar-refractivity contribution in [2.24, 2.45) is 0 Å². The minimum atomic E-state index is -5.14. The van der Waals surface area contributed by atoms with E-state index in [1.807, 2.05) is 36.4 Å². The van der Waals surface area contributed by atoms with Gasteiger partial charge < -0.3 is 10.0 Å². The van der Waals surface area contributed by atoms with Crippen molar-refractivity contribution in [2.75, 3.05) is 29.5 Å². The molecule has 1 atom stereocenters. The zero-order valence-electron chi connectivity index (χ0n) is 21.0. The summed E-state index contributed by atoms with van der Waals surface area (Å²) in [6.07, 6.45) is -2.92. The largest absolute Gasteiger partial charge is 0.472 e. The molecule has 1 aliphatic heterocycles. The molecule has 1 fully saturated rings. The number of halogens is 3. The molecule has 1 aromatic heterocycles. The molecule has 0 bridgehead atoms. The molecule has 212 valence electrons. The Morgan fingerprint density at radius 2 is 1.62 bits per heavy atom. The number of aliphatic hydroxyl groups excluding tert-OH is 1. The molecule has 1 saturated heterocycles. The Labute approximate surface area is 228 Å². The van der Waals surface area contributed by atoms with E-state index in [4.69, 9.17) is 0 Å². The van der Waals surface area contributed by atoms with Gasteiger partial charge in [-0.25, -0.2) is 8.42 Å². The Hall–Kier alpha value is -4.01. The van der Waals surface area contributed by atoms with Crippen LogP contribution in [0.1, 0.15) is 15.9 Å². The van der Waals surface area contributed by atoms with E-state index in [-0.39, 0.29) is 36.7 Å². The number of aromatic nitrogens is 1. The highest BCUT2D eigenvalue weighted by Gasteiger charge is 2.39. The van der Waals surface area contributed by atoms with Crippen LogP contribution in [0.5, 0.6) is 0 Å². The highest BCUT2D eigenvalue weighted by atomic mass is 32.2. The number of alkyl halides is 3. The number of hydrogen-bond donors (Lipinski definition) is 3. The van der Waals surface area contributed by atoms with Gasteiger partial charge in [-0.15, -0.1) is 0 Å². The van der Waals surface area contributed by atoms with Crippen molar-refractivity contribution in [1.82, 2.24) is 20.7 Å². The second kappa shape index (κ2) is 12.0. The van der Waals surface area contributed by atoms with Crippen molar-refractivity contribution in [1.29, 1.82) is 0 Å². The van der Waals surface area contributed by atoms with Gasteiger partial charge in [-0.2, -0.15) is 13.2 Å². The van der Waals surface area contributed by atoms with Gasteiger partial charge in [0.05, 0.1) is 11.5 Å². The summed E-state index contributed by atoms with van der Waals surface area (Å²) in [7, 11) is -3.17. The van der Waals surface area contributed by atoms with E-state index in [1.54, 1.807) is 39.8 Å². The molecule has 3 aromatic rings. The van der Waals surface area contributed by atoms with E-state index in [0.29, 0.717) is 11.3 Å². The van der Waals surface area contributed by atoms with Crippen LogP contribution in [-0.4, -0.2) is 72.3 Å². The summed E-state index contributed by atoms with van der Waals surface area (Å²) >= 11 is 0. The van der Waals surface area contributed by atoms with E-state index in [1.165, 1.54) is 17.6 Å². The average molecular weight is 578 g/mol. The van der Waals surface area contributed by atoms with Crippen molar-refractivity contribution in [3.8, 4) is 11.1 Å². The summed E-state index contributed by atoms with van der Waals surface area (Å²) < 4.78 is 60.8. The van der Waals surface area contributed by atoms with E-state index >= 15 is 0 Å². The third-order valence-electron chi connectivity index (χ3n) is 6.29. The summed E-state index contributed by atoms with van der Waals surface area (Å²) in [6, 6.07) is 17.0. The molecule has 1 aliphatic rings. The number of amides is 2. The lowest BCUT2D eigenvalue weighted by molar-refractivity contribution is -0.174. The quantitative estimate of drug-likeness (QED) is 0.287. The number of aliphatic hydroxyl groups is 1. The SMILES string of the molecule is O=C(NNC(=O)C(F)(F)F)c1ccc(CN(c2ccc(-c3cccnc3)cc2)C(O)N2CCS(=O)(=O)CC2)cc1. The predicted molar refractivity (Wildman–Crippen MR) is 140 cm³/mol. The molecule has 1 unspecified atom stereocenters. The van der Waals surface area contributed by atoms with Crippen LogP contribution in [0.4, 0.5) is 18.9 Å². The maximum Gasteiger partial charge on any atom is 0.472 e. The Kier molecular flexibility index (Phi) is 8.71. The molecule has 10 nitrogen and oxygen atoms in total. The van der Waals surface area contributed by atoms with Gasteiger partial charge in [0.1, 0.15) is 0 Å². The number of benzene rings is 2. The van der Waals surface area contributed by atoms with Gasteiger partial charge in [0.15, 0.2) is 16.2 Å². The Balaban J connectivity index is 1.52. The zero-order valence-corrected chi connectivity index (χ0v) is 21.8. The lowest BCUT2D eigenvalue weighted by Gasteiger charge is -2.39. The van der Waals surface area contributed by atoms with Gasteiger partial charge in [-0.1, -0.05) is 30.3 Å². The number of pyridine rings is 1. The lowest BCUT2D eigenvalue weighted by atomic mass is 10.1. The second-order valence-corrected chi connectivity index (χ2v) is 11.4. The van der Waals surface area contributed by atoms with E-state index in [9.17, 15) is 36.3 Å². The summed E-state index contributed by atoms with van der Waals surface area (Å²) in [4.78, 5) is 30.5. The summed E-state index contributed by atoms with van der Waals surface area (Å²) in [5.74, 6) is -3.40. The van der Waals surface area contributed by atoms with E-state index < -0.39 is 34.2 Å². The molecule has 14 heteroatoms. The predicted octanol–water partition coefficient (Wildman–Crippen LogP) is 2.08. The molecule has 0 spiro atoms. The van der Waals surface area contributed by atoms with Crippen molar-refractivity contribution >= 4 is 27.3 Å². The van der Waals surface area contributed by atoms with Crippen LogP contribution >= 0.6 is 0 Å². The molecular weight excluding hydrogens is 551 g/mol. The first kappa shape index (κ1) is 29.0. The molecular formula is C26H26F3N5O5S.